The van der Waals surface area contributed by atoms with Crippen LogP contribution in [0.5, 0.6) is 11.5 Å². The molecule has 6 rings (SSSR count). The van der Waals surface area contributed by atoms with Gasteiger partial charge in [0, 0.05) is 23.8 Å². The van der Waals surface area contributed by atoms with Crippen molar-refractivity contribution in [3.05, 3.63) is 41.6 Å². The molecule has 1 aromatic carbocycles. The number of nitrogens with one attached hydrogen (secondary N) is 2. The molecule has 0 bridgehead atoms. The number of amides is 3. The Kier molecular flexibility index (Phi) is 10.9. The van der Waals surface area contributed by atoms with Crippen molar-refractivity contribution in [2.45, 2.75) is 127 Å². The van der Waals surface area contributed by atoms with E-state index >= 15 is 4.39 Å². The van der Waals surface area contributed by atoms with Crippen molar-refractivity contribution in [1.29, 1.82) is 0 Å². The third-order valence-corrected chi connectivity index (χ3v) is 10.4. The van der Waals surface area contributed by atoms with E-state index in [1.807, 2.05) is 26.0 Å². The second-order valence-electron chi connectivity index (χ2n) is 16.0. The summed E-state index contributed by atoms with van der Waals surface area (Å²) in [6, 6.07) is 3.03. The summed E-state index contributed by atoms with van der Waals surface area (Å²) in [5.41, 5.74) is -2.35. The summed E-state index contributed by atoms with van der Waals surface area (Å²) in [5.74, 6) is 3.95. The van der Waals surface area contributed by atoms with Crippen LogP contribution < -0.4 is 20.1 Å². The number of benzene rings is 1. The molecular weight excluding hydrogens is 695 g/mol. The number of allylic oxidation sites excluding steroid dienone is 1. The van der Waals surface area contributed by atoms with Crippen LogP contribution in [0.4, 0.5) is 9.18 Å². The Morgan fingerprint density at radius 1 is 1.19 bits per heavy atom. The first-order chi connectivity index (χ1) is 25.6. The van der Waals surface area contributed by atoms with Gasteiger partial charge in [0.05, 0.1) is 37.4 Å². The van der Waals surface area contributed by atoms with Crippen LogP contribution in [0, 0.1) is 17.8 Å². The van der Waals surface area contributed by atoms with Crippen molar-refractivity contribution >= 4 is 34.8 Å². The van der Waals surface area contributed by atoms with Gasteiger partial charge in [0.1, 0.15) is 41.0 Å². The predicted octanol–water partition coefficient (Wildman–Crippen LogP) is 5.96. The quantitative estimate of drug-likeness (QED) is 0.215. The number of methoxy groups -OCH3 is 1. The van der Waals surface area contributed by atoms with Crippen LogP contribution in [0.25, 0.3) is 10.9 Å². The molecule has 4 heterocycles. The standard InChI is InChI=1S/C41H51FN4O8/c1-8-52-37(49)41-19-18-25(41)14-12-10-9-11-13-15-30(44-38(50)54-39(4,5)6)36(48)46-23-40(22-31(46)35(47)45-41)21-28(42)32-27-20-26(51-7)16-17-29(27)43-33(24(2)3)34(32)53-40/h12,14,16-17,20,24-25,28,30-31H,8-11,13,15,21-23H2,1-7H3,(H,44,50)(H,45,47)/b14-12-/t25-,28?,30+,31+,40-,41-/m1/s1. The first kappa shape index (κ1) is 38.9. The number of halogens is 1. The number of esters is 1. The second kappa shape index (κ2) is 15.1. The molecule has 0 saturated carbocycles. The number of alkyl halides is 1. The number of carbonyl (C=O) groups is 4. The lowest BCUT2D eigenvalue weighted by molar-refractivity contribution is -0.153. The van der Waals surface area contributed by atoms with E-state index in [9.17, 15) is 19.2 Å². The number of rotatable bonds is 5. The molecule has 13 heteroatoms. The maximum absolute atomic E-state index is 16.9. The van der Waals surface area contributed by atoms with Crippen LogP contribution >= 0.6 is 0 Å². The minimum absolute atomic E-state index is 0.0711. The Morgan fingerprint density at radius 2 is 1.96 bits per heavy atom. The van der Waals surface area contributed by atoms with E-state index in [-0.39, 0.29) is 44.1 Å². The smallest absolute Gasteiger partial charge is 0.408 e. The average molecular weight is 747 g/mol. The van der Waals surface area contributed by atoms with Gasteiger partial charge in [-0.25, -0.2) is 19.0 Å². The highest BCUT2D eigenvalue weighted by molar-refractivity contribution is 5.98. The number of nitrogens with zero attached hydrogens (tertiary/aromatic N) is 2. The van der Waals surface area contributed by atoms with E-state index in [4.69, 9.17) is 23.9 Å². The zero-order valence-electron chi connectivity index (χ0n) is 32.2. The van der Waals surface area contributed by atoms with E-state index < -0.39 is 64.8 Å². The fraction of sp³-hybridized carbons (Fsp3) is 0.585. The molecular formula is C41H51FN4O8. The van der Waals surface area contributed by atoms with Crippen molar-refractivity contribution in [3.8, 4) is 23.3 Å². The zero-order valence-corrected chi connectivity index (χ0v) is 32.2. The summed E-state index contributed by atoms with van der Waals surface area (Å²) in [7, 11) is 1.54. The molecule has 54 heavy (non-hydrogen) atoms. The molecule has 290 valence electrons. The maximum Gasteiger partial charge on any atom is 0.408 e. The molecule has 3 amide bonds. The van der Waals surface area contributed by atoms with Crippen molar-refractivity contribution in [2.75, 3.05) is 20.3 Å². The van der Waals surface area contributed by atoms with Crippen molar-refractivity contribution in [3.63, 3.8) is 0 Å². The Balaban J connectivity index is 1.43. The Labute approximate surface area is 315 Å². The molecule has 0 radical (unpaired) electrons. The van der Waals surface area contributed by atoms with E-state index in [1.54, 1.807) is 45.9 Å². The van der Waals surface area contributed by atoms with E-state index in [0.29, 0.717) is 40.8 Å². The molecule has 1 unspecified atom stereocenters. The summed E-state index contributed by atoms with van der Waals surface area (Å²) in [6.45, 7) is 10.6. The molecule has 6 atom stereocenters. The summed E-state index contributed by atoms with van der Waals surface area (Å²) in [4.78, 5) is 62.1. The molecule has 1 aliphatic carbocycles. The number of hydrogen-bond donors (Lipinski definition) is 2. The van der Waals surface area contributed by atoms with Gasteiger partial charge in [-0.05, 0) is 71.1 Å². The lowest BCUT2D eigenvalue weighted by Crippen LogP contribution is -2.65. The lowest BCUT2D eigenvalue weighted by Gasteiger charge is -2.39. The SMILES string of the molecule is CCOC(=O)[C@@]12C#C[C@H]1/C=C\CCCCC[C@H](NC(=O)OC(C)(C)C)C(=O)N1C[C@@]3(CC(F)c4c(c(C(C)C)nc5ccc(OC)cc45)O3)C[C@H]1C(=O)N2. The molecule has 12 nitrogen and oxygen atoms in total. The summed E-state index contributed by atoms with van der Waals surface area (Å²) in [6.07, 6.45) is 4.28. The highest BCUT2D eigenvalue weighted by Gasteiger charge is 2.58. The lowest BCUT2D eigenvalue weighted by atomic mass is 9.76. The predicted molar refractivity (Wildman–Crippen MR) is 198 cm³/mol. The molecule has 1 aromatic heterocycles. The van der Waals surface area contributed by atoms with Gasteiger partial charge >= 0.3 is 12.1 Å². The molecule has 4 aliphatic rings. The molecule has 2 N–H and O–H groups in total. The number of hydrogen-bond acceptors (Lipinski definition) is 9. The summed E-state index contributed by atoms with van der Waals surface area (Å²) in [5, 5.41) is 6.17. The van der Waals surface area contributed by atoms with Crippen LogP contribution in [0.3, 0.4) is 0 Å². The largest absolute Gasteiger partial charge is 0.497 e. The second-order valence-corrected chi connectivity index (χ2v) is 16.0. The first-order valence-corrected chi connectivity index (χ1v) is 18.9. The number of alkyl carbamates (subject to hydrolysis) is 1. The third kappa shape index (κ3) is 7.57. The Hall–Kier alpha value is -4.86. The van der Waals surface area contributed by atoms with Crippen molar-refractivity contribution in [2.24, 2.45) is 5.92 Å². The monoisotopic (exact) mass is 746 g/mol. The highest BCUT2D eigenvalue weighted by atomic mass is 19.1. The van der Waals surface area contributed by atoms with Gasteiger partial charge in [-0.1, -0.05) is 50.7 Å². The van der Waals surface area contributed by atoms with Gasteiger partial charge in [-0.2, -0.15) is 0 Å². The topological polar surface area (TPSA) is 145 Å². The number of pyridine rings is 1. The molecule has 1 spiro atoms. The van der Waals surface area contributed by atoms with Gasteiger partial charge in [0.25, 0.3) is 0 Å². The van der Waals surface area contributed by atoms with Crippen LogP contribution in [0.2, 0.25) is 0 Å². The average Bonchev–Trinajstić information content (AvgIpc) is 3.46. The van der Waals surface area contributed by atoms with Crippen LogP contribution in [0.15, 0.2) is 30.4 Å². The summed E-state index contributed by atoms with van der Waals surface area (Å²) < 4.78 is 40.2. The van der Waals surface area contributed by atoms with Crippen LogP contribution in [-0.2, 0) is 23.9 Å². The molecule has 2 aromatic rings. The highest BCUT2D eigenvalue weighted by Crippen LogP contribution is 2.52. The Bertz CT molecular complexity index is 1910. The molecule has 1 saturated heterocycles. The Morgan fingerprint density at radius 3 is 2.63 bits per heavy atom. The first-order valence-electron chi connectivity index (χ1n) is 18.9. The number of ether oxygens (including phenoxy) is 4. The fourth-order valence-electron chi connectivity index (χ4n) is 7.81. The van der Waals surface area contributed by atoms with E-state index in [0.717, 1.165) is 12.8 Å². The maximum atomic E-state index is 16.9. The summed E-state index contributed by atoms with van der Waals surface area (Å²) >= 11 is 0. The normalized spacial score (nSPS) is 28.8. The minimum atomic E-state index is -1.67. The fourth-order valence-corrected chi connectivity index (χ4v) is 7.81. The van der Waals surface area contributed by atoms with Gasteiger partial charge in [-0.15, -0.1) is 0 Å². The van der Waals surface area contributed by atoms with Gasteiger partial charge < -0.3 is 34.5 Å². The molecule has 3 aliphatic heterocycles. The van der Waals surface area contributed by atoms with Gasteiger partial charge in [0.15, 0.2) is 0 Å². The van der Waals surface area contributed by atoms with Crippen LogP contribution in [0.1, 0.15) is 110 Å². The van der Waals surface area contributed by atoms with E-state index in [1.165, 1.54) is 12.0 Å². The number of fused-ring (bicyclic) bond motifs is 5. The van der Waals surface area contributed by atoms with Gasteiger partial charge in [-0.3, -0.25) is 9.59 Å². The number of aromatic nitrogens is 1. The zero-order chi connectivity index (χ0) is 39.0. The van der Waals surface area contributed by atoms with Crippen LogP contribution in [-0.4, -0.2) is 82.8 Å². The van der Waals surface area contributed by atoms with Crippen molar-refractivity contribution in [1.82, 2.24) is 20.5 Å². The van der Waals surface area contributed by atoms with Gasteiger partial charge in [0.2, 0.25) is 17.4 Å². The van der Waals surface area contributed by atoms with Crippen molar-refractivity contribution < 1.29 is 42.5 Å². The number of carbonyl (C=O) groups excluding carboxylic acids is 4. The minimum Gasteiger partial charge on any atom is -0.497 e. The third-order valence-electron chi connectivity index (χ3n) is 10.4. The van der Waals surface area contributed by atoms with E-state index in [2.05, 4.69) is 22.5 Å². The molecule has 1 fully saturated rings.